The number of hydrogen-bond acceptors (Lipinski definition) is 3. The minimum absolute atomic E-state index is 0.124. The second kappa shape index (κ2) is 4.23. The lowest BCUT2D eigenvalue weighted by atomic mass is 10.4. The summed E-state index contributed by atoms with van der Waals surface area (Å²) in [5.41, 5.74) is 0. The molecule has 3 nitrogen and oxygen atoms in total. The molecule has 0 spiro atoms. The lowest BCUT2D eigenvalue weighted by molar-refractivity contribution is -0.127. The molecule has 1 atom stereocenters. The van der Waals surface area contributed by atoms with Gasteiger partial charge in [-0.15, -0.1) is 0 Å². The summed E-state index contributed by atoms with van der Waals surface area (Å²) in [7, 11) is 0. The minimum atomic E-state index is -0.124. The minimum Gasteiger partial charge on any atom is -0.466 e. The molecule has 0 saturated carbocycles. The Balaban J connectivity index is 2.19. The maximum Gasteiger partial charge on any atom is 0.277 e. The summed E-state index contributed by atoms with van der Waals surface area (Å²) in [6.45, 7) is 5.20. The van der Waals surface area contributed by atoms with E-state index in [9.17, 15) is 0 Å². The Bertz CT molecular complexity index is 142. The molecular weight excluding hydrogens is 144 g/mol. The second-order valence-electron chi connectivity index (χ2n) is 2.19. The first-order valence-corrected chi connectivity index (χ1v) is 3.98. The highest BCUT2D eigenvalue weighted by Crippen LogP contribution is 2.18. The Hall–Kier alpha value is -0.700. The SMILES string of the molecule is CCOC1=CCC(OCC)O1. The van der Waals surface area contributed by atoms with Gasteiger partial charge in [0.25, 0.3) is 5.95 Å². The Kier molecular flexibility index (Phi) is 3.23. The summed E-state index contributed by atoms with van der Waals surface area (Å²) in [5.74, 6) is 0.603. The second-order valence-corrected chi connectivity index (χ2v) is 2.19. The van der Waals surface area contributed by atoms with Crippen molar-refractivity contribution in [2.24, 2.45) is 0 Å². The fraction of sp³-hybridized carbons (Fsp3) is 0.750. The summed E-state index contributed by atoms with van der Waals surface area (Å²) in [6, 6.07) is 0. The third-order valence-electron chi connectivity index (χ3n) is 1.36. The fourth-order valence-corrected chi connectivity index (χ4v) is 0.941. The van der Waals surface area contributed by atoms with Crippen molar-refractivity contribution in [1.29, 1.82) is 0 Å². The smallest absolute Gasteiger partial charge is 0.277 e. The molecule has 0 aromatic carbocycles. The van der Waals surface area contributed by atoms with E-state index in [1.54, 1.807) is 0 Å². The van der Waals surface area contributed by atoms with E-state index in [1.165, 1.54) is 0 Å². The van der Waals surface area contributed by atoms with Gasteiger partial charge in [-0.1, -0.05) is 0 Å². The maximum absolute atomic E-state index is 5.26. The highest BCUT2D eigenvalue weighted by molar-refractivity contribution is 4.91. The van der Waals surface area contributed by atoms with Gasteiger partial charge in [0.05, 0.1) is 6.61 Å². The molecule has 1 aliphatic rings. The predicted octanol–water partition coefficient (Wildman–Crippen LogP) is 1.65. The normalized spacial score (nSPS) is 22.7. The molecule has 0 aromatic heterocycles. The van der Waals surface area contributed by atoms with Crippen molar-refractivity contribution >= 4 is 0 Å². The van der Waals surface area contributed by atoms with Gasteiger partial charge in [-0.25, -0.2) is 0 Å². The van der Waals surface area contributed by atoms with Crippen LogP contribution in [0.25, 0.3) is 0 Å². The van der Waals surface area contributed by atoms with E-state index < -0.39 is 0 Å². The van der Waals surface area contributed by atoms with Gasteiger partial charge in [0.15, 0.2) is 0 Å². The fourth-order valence-electron chi connectivity index (χ4n) is 0.941. The Morgan fingerprint density at radius 2 is 2.36 bits per heavy atom. The molecule has 3 heteroatoms. The van der Waals surface area contributed by atoms with E-state index in [0.29, 0.717) is 19.2 Å². The first-order valence-electron chi connectivity index (χ1n) is 3.98. The Morgan fingerprint density at radius 3 is 3.00 bits per heavy atom. The molecule has 1 unspecified atom stereocenters. The van der Waals surface area contributed by atoms with Crippen LogP contribution in [0, 0.1) is 0 Å². The van der Waals surface area contributed by atoms with Gasteiger partial charge in [0.2, 0.25) is 6.29 Å². The van der Waals surface area contributed by atoms with Crippen LogP contribution in [0.4, 0.5) is 0 Å². The van der Waals surface area contributed by atoms with Crippen LogP contribution >= 0.6 is 0 Å². The van der Waals surface area contributed by atoms with Crippen LogP contribution in [0.3, 0.4) is 0 Å². The lowest BCUT2D eigenvalue weighted by Gasteiger charge is -2.11. The Labute approximate surface area is 66.9 Å². The van der Waals surface area contributed by atoms with E-state index in [-0.39, 0.29) is 6.29 Å². The predicted molar refractivity (Wildman–Crippen MR) is 40.8 cm³/mol. The summed E-state index contributed by atoms with van der Waals surface area (Å²) >= 11 is 0. The molecule has 11 heavy (non-hydrogen) atoms. The summed E-state index contributed by atoms with van der Waals surface area (Å²) in [5, 5.41) is 0. The standard InChI is InChI=1S/C8H14O3/c1-3-9-7-5-6-8(11-7)10-4-2/h5,8H,3-4,6H2,1-2H3. The maximum atomic E-state index is 5.26. The van der Waals surface area contributed by atoms with Gasteiger partial charge >= 0.3 is 0 Å². The van der Waals surface area contributed by atoms with Crippen molar-refractivity contribution in [3.05, 3.63) is 12.0 Å². The van der Waals surface area contributed by atoms with Gasteiger partial charge in [-0.05, 0) is 13.8 Å². The topological polar surface area (TPSA) is 27.7 Å². The van der Waals surface area contributed by atoms with Crippen molar-refractivity contribution in [1.82, 2.24) is 0 Å². The van der Waals surface area contributed by atoms with Crippen LogP contribution in [0.2, 0.25) is 0 Å². The van der Waals surface area contributed by atoms with Crippen molar-refractivity contribution < 1.29 is 14.2 Å². The highest BCUT2D eigenvalue weighted by Gasteiger charge is 2.18. The molecule has 0 saturated heterocycles. The summed E-state index contributed by atoms with van der Waals surface area (Å²) in [4.78, 5) is 0. The van der Waals surface area contributed by atoms with Crippen LogP contribution < -0.4 is 0 Å². The molecule has 0 bridgehead atoms. The van der Waals surface area contributed by atoms with Crippen molar-refractivity contribution in [2.45, 2.75) is 26.6 Å². The third kappa shape index (κ3) is 2.42. The monoisotopic (exact) mass is 158 g/mol. The van der Waals surface area contributed by atoms with Crippen LogP contribution in [-0.2, 0) is 14.2 Å². The number of hydrogen-bond donors (Lipinski definition) is 0. The van der Waals surface area contributed by atoms with E-state index >= 15 is 0 Å². The van der Waals surface area contributed by atoms with Gasteiger partial charge in [0, 0.05) is 19.1 Å². The van der Waals surface area contributed by atoms with Gasteiger partial charge in [-0.3, -0.25) is 0 Å². The zero-order valence-corrected chi connectivity index (χ0v) is 7.00. The quantitative estimate of drug-likeness (QED) is 0.622. The van der Waals surface area contributed by atoms with Crippen molar-refractivity contribution in [2.75, 3.05) is 13.2 Å². The van der Waals surface area contributed by atoms with Gasteiger partial charge in [-0.2, -0.15) is 0 Å². The summed E-state index contributed by atoms with van der Waals surface area (Å²) in [6.07, 6.45) is 2.58. The third-order valence-corrected chi connectivity index (χ3v) is 1.36. The van der Waals surface area contributed by atoms with Gasteiger partial charge < -0.3 is 14.2 Å². The lowest BCUT2D eigenvalue weighted by Crippen LogP contribution is -2.11. The molecule has 0 aromatic rings. The van der Waals surface area contributed by atoms with E-state index in [4.69, 9.17) is 14.2 Å². The van der Waals surface area contributed by atoms with E-state index in [0.717, 1.165) is 6.42 Å². The van der Waals surface area contributed by atoms with E-state index in [1.807, 2.05) is 19.9 Å². The van der Waals surface area contributed by atoms with Crippen LogP contribution in [-0.4, -0.2) is 19.5 Å². The molecule has 1 rings (SSSR count). The van der Waals surface area contributed by atoms with Crippen LogP contribution in [0.15, 0.2) is 12.0 Å². The molecule has 0 amide bonds. The first kappa shape index (κ1) is 8.40. The van der Waals surface area contributed by atoms with Gasteiger partial charge in [0.1, 0.15) is 0 Å². The van der Waals surface area contributed by atoms with Crippen molar-refractivity contribution in [3.63, 3.8) is 0 Å². The molecular formula is C8H14O3. The van der Waals surface area contributed by atoms with E-state index in [2.05, 4.69) is 0 Å². The highest BCUT2D eigenvalue weighted by atomic mass is 16.8. The first-order chi connectivity index (χ1) is 5.36. The number of rotatable bonds is 4. The summed E-state index contributed by atoms with van der Waals surface area (Å²) < 4.78 is 15.6. The zero-order chi connectivity index (χ0) is 8.10. The average molecular weight is 158 g/mol. The molecule has 0 radical (unpaired) electrons. The average Bonchev–Trinajstić information content (AvgIpc) is 2.38. The molecule has 1 aliphatic heterocycles. The molecule has 0 aliphatic carbocycles. The molecule has 0 N–H and O–H groups in total. The van der Waals surface area contributed by atoms with Crippen LogP contribution in [0.5, 0.6) is 0 Å². The zero-order valence-electron chi connectivity index (χ0n) is 7.00. The Morgan fingerprint density at radius 1 is 1.55 bits per heavy atom. The van der Waals surface area contributed by atoms with Crippen molar-refractivity contribution in [3.8, 4) is 0 Å². The van der Waals surface area contributed by atoms with Crippen LogP contribution in [0.1, 0.15) is 20.3 Å². The largest absolute Gasteiger partial charge is 0.466 e. The molecule has 64 valence electrons. The molecule has 1 heterocycles. The molecule has 0 fully saturated rings. The number of ether oxygens (including phenoxy) is 3.